The third-order valence-corrected chi connectivity index (χ3v) is 4.60. The summed E-state index contributed by atoms with van der Waals surface area (Å²) in [5.74, 6) is 1.02. The van der Waals surface area contributed by atoms with Crippen molar-refractivity contribution in [3.63, 3.8) is 0 Å². The van der Waals surface area contributed by atoms with Crippen molar-refractivity contribution < 1.29 is 9.50 Å². The van der Waals surface area contributed by atoms with E-state index in [0.717, 1.165) is 31.2 Å². The molecule has 124 valence electrons. The van der Waals surface area contributed by atoms with Gasteiger partial charge in [-0.15, -0.1) is 0 Å². The molecule has 6 heteroatoms. The van der Waals surface area contributed by atoms with Gasteiger partial charge < -0.3 is 15.0 Å². The van der Waals surface area contributed by atoms with Gasteiger partial charge in [-0.3, -0.25) is 0 Å². The fourth-order valence-corrected chi connectivity index (χ4v) is 3.29. The maximum atomic E-state index is 13.9. The van der Waals surface area contributed by atoms with Crippen molar-refractivity contribution >= 4 is 16.9 Å². The van der Waals surface area contributed by atoms with Crippen molar-refractivity contribution in [1.29, 1.82) is 0 Å². The Morgan fingerprint density at radius 3 is 2.79 bits per heavy atom. The molecular formula is C18H19FN4O. The molecule has 1 aromatic carbocycles. The topological polar surface area (TPSA) is 63.0 Å². The molecule has 0 amide bonds. The van der Waals surface area contributed by atoms with Crippen LogP contribution in [0.25, 0.3) is 16.7 Å². The van der Waals surface area contributed by atoms with Crippen LogP contribution in [-0.4, -0.2) is 31.8 Å². The Labute approximate surface area is 139 Å². The van der Waals surface area contributed by atoms with Crippen molar-refractivity contribution in [2.45, 2.75) is 37.8 Å². The average molecular weight is 326 g/mol. The van der Waals surface area contributed by atoms with E-state index in [2.05, 4.69) is 15.3 Å². The van der Waals surface area contributed by atoms with Crippen molar-refractivity contribution in [3.05, 3.63) is 48.5 Å². The minimum absolute atomic E-state index is 0.184. The molecule has 3 aromatic rings. The molecule has 1 aliphatic carbocycles. The first-order valence-electron chi connectivity index (χ1n) is 8.24. The van der Waals surface area contributed by atoms with E-state index in [1.54, 1.807) is 24.4 Å². The quantitative estimate of drug-likeness (QED) is 0.775. The molecule has 5 nitrogen and oxygen atoms in total. The number of hydrogen-bond donors (Lipinski definition) is 2. The van der Waals surface area contributed by atoms with Gasteiger partial charge in [-0.25, -0.2) is 9.37 Å². The van der Waals surface area contributed by atoms with E-state index in [1.165, 1.54) is 6.07 Å². The van der Waals surface area contributed by atoms with Gasteiger partial charge in [-0.1, -0.05) is 6.07 Å². The van der Waals surface area contributed by atoms with E-state index < -0.39 is 0 Å². The SMILES string of the molecule is O[C@H]1CC[C@H](Nc2nccc(-n3ccc4c(F)cccc43)n2)CC1. The fourth-order valence-electron chi connectivity index (χ4n) is 3.29. The highest BCUT2D eigenvalue weighted by Crippen LogP contribution is 2.23. The first-order chi connectivity index (χ1) is 11.7. The van der Waals surface area contributed by atoms with Gasteiger partial charge in [-0.05, 0) is 49.9 Å². The zero-order valence-corrected chi connectivity index (χ0v) is 13.2. The standard InChI is InChI=1S/C18H19FN4O/c19-15-2-1-3-16-14(15)9-11-23(16)17-8-10-20-18(22-17)21-12-4-6-13(24)7-5-12/h1-3,8-13,24H,4-7H2,(H,20,21,22)/t12-,13-. The highest BCUT2D eigenvalue weighted by molar-refractivity contribution is 5.82. The Morgan fingerprint density at radius 2 is 1.96 bits per heavy atom. The number of nitrogens with one attached hydrogen (secondary N) is 1. The van der Waals surface area contributed by atoms with Crippen molar-refractivity contribution in [2.75, 3.05) is 5.32 Å². The Hall–Kier alpha value is -2.47. The van der Waals surface area contributed by atoms with Crippen molar-refractivity contribution in [1.82, 2.24) is 14.5 Å². The van der Waals surface area contributed by atoms with E-state index in [1.807, 2.05) is 16.8 Å². The molecule has 0 aliphatic heterocycles. The molecule has 1 aliphatic rings. The van der Waals surface area contributed by atoms with Gasteiger partial charge in [-0.2, -0.15) is 4.98 Å². The van der Waals surface area contributed by atoms with Crippen LogP contribution in [0.1, 0.15) is 25.7 Å². The number of halogens is 1. The number of fused-ring (bicyclic) bond motifs is 1. The zero-order chi connectivity index (χ0) is 16.5. The summed E-state index contributed by atoms with van der Waals surface area (Å²) in [5, 5.41) is 13.5. The van der Waals surface area contributed by atoms with Crippen LogP contribution in [0.15, 0.2) is 42.7 Å². The van der Waals surface area contributed by atoms with Crippen LogP contribution in [0.3, 0.4) is 0 Å². The van der Waals surface area contributed by atoms with Crippen LogP contribution in [0.2, 0.25) is 0 Å². The predicted octanol–water partition coefficient (Wildman–Crippen LogP) is 3.28. The van der Waals surface area contributed by atoms with Crippen LogP contribution in [0, 0.1) is 5.82 Å². The number of anilines is 1. The second kappa shape index (κ2) is 6.20. The molecule has 0 atom stereocenters. The maximum absolute atomic E-state index is 13.9. The highest BCUT2D eigenvalue weighted by Gasteiger charge is 2.20. The number of benzene rings is 1. The van der Waals surface area contributed by atoms with E-state index in [0.29, 0.717) is 17.2 Å². The number of aromatic nitrogens is 3. The second-order valence-corrected chi connectivity index (χ2v) is 6.25. The lowest BCUT2D eigenvalue weighted by Crippen LogP contribution is -2.29. The summed E-state index contributed by atoms with van der Waals surface area (Å²) in [6.07, 6.45) is 6.76. The molecule has 2 N–H and O–H groups in total. The Kier molecular flexibility index (Phi) is 3.90. The van der Waals surface area contributed by atoms with Gasteiger partial charge in [0.25, 0.3) is 0 Å². The molecule has 0 saturated heterocycles. The number of nitrogens with zero attached hydrogens (tertiary/aromatic N) is 3. The lowest BCUT2D eigenvalue weighted by atomic mass is 9.93. The zero-order valence-electron chi connectivity index (χ0n) is 13.2. The van der Waals surface area contributed by atoms with Crippen LogP contribution in [0.4, 0.5) is 10.3 Å². The summed E-state index contributed by atoms with van der Waals surface area (Å²) in [6, 6.07) is 8.86. The lowest BCUT2D eigenvalue weighted by molar-refractivity contribution is 0.126. The first-order valence-corrected chi connectivity index (χ1v) is 8.24. The number of aliphatic hydroxyl groups excluding tert-OH is 1. The highest BCUT2D eigenvalue weighted by atomic mass is 19.1. The third-order valence-electron chi connectivity index (χ3n) is 4.60. The average Bonchev–Trinajstić information content (AvgIpc) is 3.03. The normalized spacial score (nSPS) is 21.1. The van der Waals surface area contributed by atoms with Gasteiger partial charge in [0.2, 0.25) is 5.95 Å². The Balaban J connectivity index is 1.61. The molecule has 1 saturated carbocycles. The van der Waals surface area contributed by atoms with Gasteiger partial charge >= 0.3 is 0 Å². The monoisotopic (exact) mass is 326 g/mol. The van der Waals surface area contributed by atoms with Crippen LogP contribution in [-0.2, 0) is 0 Å². The van der Waals surface area contributed by atoms with Gasteiger partial charge in [0, 0.05) is 23.8 Å². The smallest absolute Gasteiger partial charge is 0.224 e. The molecule has 24 heavy (non-hydrogen) atoms. The summed E-state index contributed by atoms with van der Waals surface area (Å²) in [5.41, 5.74) is 0.778. The predicted molar refractivity (Wildman–Crippen MR) is 90.7 cm³/mol. The largest absolute Gasteiger partial charge is 0.393 e. The summed E-state index contributed by atoms with van der Waals surface area (Å²) in [6.45, 7) is 0. The van der Waals surface area contributed by atoms with Gasteiger partial charge in [0.05, 0.1) is 11.6 Å². The van der Waals surface area contributed by atoms with Gasteiger partial charge in [0.15, 0.2) is 0 Å². The van der Waals surface area contributed by atoms with E-state index in [9.17, 15) is 9.50 Å². The minimum atomic E-state index is -0.237. The van der Waals surface area contributed by atoms with E-state index in [-0.39, 0.29) is 18.0 Å². The summed E-state index contributed by atoms with van der Waals surface area (Å²) in [7, 11) is 0. The first kappa shape index (κ1) is 15.1. The third kappa shape index (κ3) is 2.85. The fraction of sp³-hybridized carbons (Fsp3) is 0.333. The molecule has 0 bridgehead atoms. The maximum Gasteiger partial charge on any atom is 0.224 e. The van der Waals surface area contributed by atoms with Gasteiger partial charge in [0.1, 0.15) is 11.6 Å². The summed E-state index contributed by atoms with van der Waals surface area (Å²) < 4.78 is 15.7. The molecular weight excluding hydrogens is 307 g/mol. The minimum Gasteiger partial charge on any atom is -0.393 e. The van der Waals surface area contributed by atoms with Crippen LogP contribution >= 0.6 is 0 Å². The van der Waals surface area contributed by atoms with Crippen molar-refractivity contribution in [2.24, 2.45) is 0 Å². The number of rotatable bonds is 3. The lowest BCUT2D eigenvalue weighted by Gasteiger charge is -2.26. The van der Waals surface area contributed by atoms with Crippen molar-refractivity contribution in [3.8, 4) is 5.82 Å². The van der Waals surface area contributed by atoms with E-state index >= 15 is 0 Å². The second-order valence-electron chi connectivity index (χ2n) is 6.25. The summed E-state index contributed by atoms with van der Waals surface area (Å²) >= 11 is 0. The van der Waals surface area contributed by atoms with Crippen LogP contribution < -0.4 is 5.32 Å². The molecule has 0 spiro atoms. The van der Waals surface area contributed by atoms with E-state index in [4.69, 9.17) is 0 Å². The summed E-state index contributed by atoms with van der Waals surface area (Å²) in [4.78, 5) is 8.85. The van der Waals surface area contributed by atoms with Crippen LogP contribution in [0.5, 0.6) is 0 Å². The number of aliphatic hydroxyl groups is 1. The Bertz CT molecular complexity index is 855. The Morgan fingerprint density at radius 1 is 1.12 bits per heavy atom. The molecule has 4 rings (SSSR count). The molecule has 2 heterocycles. The molecule has 1 fully saturated rings. The molecule has 0 radical (unpaired) electrons. The molecule has 0 unspecified atom stereocenters. The number of hydrogen-bond acceptors (Lipinski definition) is 4. The molecule has 2 aromatic heterocycles.